The third kappa shape index (κ3) is 6.32. The lowest BCUT2D eigenvalue weighted by molar-refractivity contribution is -0.253. The van der Waals surface area contributed by atoms with E-state index in [1.54, 1.807) is 37.3 Å². The largest absolute Gasteiger partial charge is 0.478 e. The van der Waals surface area contributed by atoms with Gasteiger partial charge in [0.15, 0.2) is 0 Å². The monoisotopic (exact) mass is 548 g/mol. The van der Waals surface area contributed by atoms with E-state index in [0.717, 1.165) is 5.56 Å². The van der Waals surface area contributed by atoms with E-state index in [0.29, 0.717) is 16.9 Å². The van der Waals surface area contributed by atoms with Crippen molar-refractivity contribution in [3.8, 4) is 17.2 Å². The second kappa shape index (κ2) is 11.5. The maximum absolute atomic E-state index is 13.4. The number of carboxylic acids is 1. The Kier molecular flexibility index (Phi) is 8.10. The molecule has 0 fully saturated rings. The van der Waals surface area contributed by atoms with E-state index in [1.165, 1.54) is 54.6 Å². The van der Waals surface area contributed by atoms with E-state index in [1.807, 2.05) is 6.92 Å². The molecule has 0 aromatic heterocycles. The molecule has 10 heteroatoms. The van der Waals surface area contributed by atoms with E-state index in [2.05, 4.69) is 4.89 Å². The van der Waals surface area contributed by atoms with Gasteiger partial charge in [0.05, 0.1) is 20.9 Å². The van der Waals surface area contributed by atoms with Crippen molar-refractivity contribution < 1.29 is 42.7 Å². The average Bonchev–Trinajstić information content (AvgIpc) is 2.90. The van der Waals surface area contributed by atoms with Crippen LogP contribution in [0.1, 0.15) is 37.4 Å². The number of hydrogen-bond acceptors (Lipinski definition) is 8. The van der Waals surface area contributed by atoms with Crippen LogP contribution in [-0.2, 0) is 21.3 Å². The highest BCUT2D eigenvalue weighted by molar-refractivity contribution is 7.91. The molecular weight excluding hydrogens is 524 g/mol. The summed E-state index contributed by atoms with van der Waals surface area (Å²) in [4.78, 5) is 28.3. The Balaban J connectivity index is 1.60. The van der Waals surface area contributed by atoms with E-state index in [4.69, 9.17) is 14.7 Å². The predicted molar refractivity (Wildman–Crippen MR) is 140 cm³/mol. The lowest BCUT2D eigenvalue weighted by Crippen LogP contribution is -2.14. The SMILES string of the molecule is Cc1ccc(Oc2cccc(S(=O)(=O)c3cccc(OC(=O)c4ccc(C)cc4C(=O)O)c3)c2)c(COO)c1. The van der Waals surface area contributed by atoms with Gasteiger partial charge in [0.2, 0.25) is 9.84 Å². The minimum atomic E-state index is -4.06. The van der Waals surface area contributed by atoms with Crippen LogP contribution in [0.4, 0.5) is 0 Å². The first-order valence-electron chi connectivity index (χ1n) is 11.6. The number of aromatic carboxylic acids is 1. The molecular formula is C29H24O9S. The zero-order valence-electron chi connectivity index (χ0n) is 21.0. The summed E-state index contributed by atoms with van der Waals surface area (Å²) in [5.74, 6) is -1.67. The van der Waals surface area contributed by atoms with E-state index in [9.17, 15) is 23.1 Å². The quantitative estimate of drug-likeness (QED) is 0.114. The van der Waals surface area contributed by atoms with Crippen molar-refractivity contribution in [2.45, 2.75) is 30.2 Å². The van der Waals surface area contributed by atoms with Crippen LogP contribution in [-0.4, -0.2) is 30.7 Å². The Hall–Kier alpha value is -4.51. The van der Waals surface area contributed by atoms with Gasteiger partial charge in [-0.25, -0.2) is 22.9 Å². The summed E-state index contributed by atoms with van der Waals surface area (Å²) < 4.78 is 38.0. The molecule has 0 saturated heterocycles. The van der Waals surface area contributed by atoms with E-state index in [-0.39, 0.29) is 39.0 Å². The lowest BCUT2D eigenvalue weighted by atomic mass is 10.0. The molecule has 4 aromatic carbocycles. The van der Waals surface area contributed by atoms with Crippen LogP contribution >= 0.6 is 0 Å². The van der Waals surface area contributed by atoms with E-state index < -0.39 is 21.8 Å². The molecule has 0 radical (unpaired) electrons. The number of ether oxygens (including phenoxy) is 2. The van der Waals surface area contributed by atoms with Crippen molar-refractivity contribution in [1.82, 2.24) is 0 Å². The molecule has 0 aliphatic carbocycles. The summed E-state index contributed by atoms with van der Waals surface area (Å²) in [6, 6.07) is 20.8. The molecule has 0 unspecified atom stereocenters. The molecule has 4 aromatic rings. The number of aryl methyl sites for hydroxylation is 2. The fraction of sp³-hybridized carbons (Fsp3) is 0.103. The van der Waals surface area contributed by atoms with Crippen molar-refractivity contribution in [2.24, 2.45) is 0 Å². The van der Waals surface area contributed by atoms with Gasteiger partial charge in [0.1, 0.15) is 23.9 Å². The molecule has 0 saturated carbocycles. The van der Waals surface area contributed by atoms with Crippen LogP contribution in [0.5, 0.6) is 17.2 Å². The maximum atomic E-state index is 13.4. The second-order valence-electron chi connectivity index (χ2n) is 8.68. The molecule has 0 bridgehead atoms. The molecule has 0 heterocycles. The number of esters is 1. The Labute approximate surface area is 224 Å². The number of hydrogen-bond donors (Lipinski definition) is 2. The first-order chi connectivity index (χ1) is 18.6. The summed E-state index contributed by atoms with van der Waals surface area (Å²) in [5, 5.41) is 18.3. The zero-order valence-corrected chi connectivity index (χ0v) is 21.8. The number of rotatable bonds is 9. The van der Waals surface area contributed by atoms with Crippen LogP contribution in [0.3, 0.4) is 0 Å². The van der Waals surface area contributed by atoms with Crippen LogP contribution in [0, 0.1) is 13.8 Å². The fourth-order valence-corrected chi connectivity index (χ4v) is 5.17. The molecule has 0 atom stereocenters. The smallest absolute Gasteiger partial charge is 0.344 e. The van der Waals surface area contributed by atoms with Crippen molar-refractivity contribution in [2.75, 3.05) is 0 Å². The fourth-order valence-electron chi connectivity index (χ4n) is 3.84. The van der Waals surface area contributed by atoms with Crippen molar-refractivity contribution in [3.05, 3.63) is 113 Å². The lowest BCUT2D eigenvalue weighted by Gasteiger charge is -2.13. The van der Waals surface area contributed by atoms with Gasteiger partial charge in [-0.05, 0) is 74.5 Å². The Morgan fingerprint density at radius 1 is 0.769 bits per heavy atom. The Morgan fingerprint density at radius 3 is 2.05 bits per heavy atom. The molecule has 2 N–H and O–H groups in total. The standard InChI is InChI=1S/C29H24O9S/c1-18-10-12-27(20(13-18)17-36-33)37-21-5-3-7-23(15-21)39(34,35)24-8-4-6-22(16-24)38-29(32)25-11-9-19(2)14-26(25)28(30)31/h3-16,33H,17H2,1-2H3,(H,30,31). The van der Waals surface area contributed by atoms with Gasteiger partial charge in [0.25, 0.3) is 0 Å². The number of sulfone groups is 1. The van der Waals surface area contributed by atoms with Gasteiger partial charge < -0.3 is 14.6 Å². The first kappa shape index (κ1) is 27.5. The maximum Gasteiger partial charge on any atom is 0.344 e. The van der Waals surface area contributed by atoms with Crippen molar-refractivity contribution in [3.63, 3.8) is 0 Å². The molecule has 0 spiro atoms. The summed E-state index contributed by atoms with van der Waals surface area (Å²) >= 11 is 0. The van der Waals surface area contributed by atoms with Crippen LogP contribution < -0.4 is 9.47 Å². The first-order valence-corrected chi connectivity index (χ1v) is 13.1. The van der Waals surface area contributed by atoms with Gasteiger partial charge in [-0.15, -0.1) is 0 Å². The molecule has 0 amide bonds. The highest BCUT2D eigenvalue weighted by atomic mass is 32.2. The van der Waals surface area contributed by atoms with Gasteiger partial charge in [0, 0.05) is 5.56 Å². The highest BCUT2D eigenvalue weighted by Crippen LogP contribution is 2.31. The molecule has 0 aliphatic heterocycles. The predicted octanol–water partition coefficient (Wildman–Crippen LogP) is 5.84. The normalized spacial score (nSPS) is 11.2. The minimum Gasteiger partial charge on any atom is -0.478 e. The average molecular weight is 549 g/mol. The summed E-state index contributed by atoms with van der Waals surface area (Å²) in [5.41, 5.74) is 1.77. The molecule has 200 valence electrons. The third-order valence-corrected chi connectivity index (χ3v) is 7.48. The summed E-state index contributed by atoms with van der Waals surface area (Å²) in [6.07, 6.45) is 0. The Bertz CT molecular complexity index is 1660. The number of carbonyl (C=O) groups excluding carboxylic acids is 1. The van der Waals surface area contributed by atoms with Crippen LogP contribution in [0.25, 0.3) is 0 Å². The molecule has 39 heavy (non-hydrogen) atoms. The molecule has 9 nitrogen and oxygen atoms in total. The van der Waals surface area contributed by atoms with E-state index >= 15 is 0 Å². The number of carboxylic acid groups (broad SMARTS) is 1. The third-order valence-electron chi connectivity index (χ3n) is 5.73. The van der Waals surface area contributed by atoms with Gasteiger partial charge in [-0.3, -0.25) is 5.26 Å². The van der Waals surface area contributed by atoms with Gasteiger partial charge >= 0.3 is 11.9 Å². The zero-order chi connectivity index (χ0) is 28.2. The summed E-state index contributed by atoms with van der Waals surface area (Å²) in [7, 11) is -4.06. The van der Waals surface area contributed by atoms with Crippen molar-refractivity contribution in [1.29, 1.82) is 0 Å². The second-order valence-corrected chi connectivity index (χ2v) is 10.6. The number of benzene rings is 4. The molecule has 0 aliphatic rings. The Morgan fingerprint density at radius 2 is 1.38 bits per heavy atom. The number of carbonyl (C=O) groups is 2. The van der Waals surface area contributed by atoms with Gasteiger partial charge in [-0.1, -0.05) is 35.4 Å². The van der Waals surface area contributed by atoms with Gasteiger partial charge in [-0.2, -0.15) is 0 Å². The van der Waals surface area contributed by atoms with Crippen molar-refractivity contribution >= 4 is 21.8 Å². The summed E-state index contributed by atoms with van der Waals surface area (Å²) in [6.45, 7) is 3.45. The minimum absolute atomic E-state index is 0.0674. The van der Waals surface area contributed by atoms with Crippen LogP contribution in [0.2, 0.25) is 0 Å². The molecule has 4 rings (SSSR count). The highest BCUT2D eigenvalue weighted by Gasteiger charge is 2.22. The van der Waals surface area contributed by atoms with Crippen LogP contribution in [0.15, 0.2) is 94.7 Å². The topological polar surface area (TPSA) is 136 Å².